The zero-order chi connectivity index (χ0) is 28.3. The lowest BCUT2D eigenvalue weighted by atomic mass is 10.00. The maximum absolute atomic E-state index is 5.08. The second-order valence-electron chi connectivity index (χ2n) is 11.0. The van der Waals surface area contributed by atoms with E-state index in [1.54, 1.807) is 0 Å². The van der Waals surface area contributed by atoms with Crippen LogP contribution in [0.15, 0.2) is 152 Å². The summed E-state index contributed by atoms with van der Waals surface area (Å²) in [6, 6.07) is 53.7. The number of hydrogen-bond acceptors (Lipinski definition) is 2. The first-order chi connectivity index (χ1) is 21.3. The monoisotopic (exact) mass is 547 g/mol. The number of fused-ring (bicyclic) bond motifs is 8. The fraction of sp³-hybridized carbons (Fsp3) is 0. The second kappa shape index (κ2) is 9.37. The van der Waals surface area contributed by atoms with E-state index in [1.807, 2.05) is 18.2 Å². The summed E-state index contributed by atoms with van der Waals surface area (Å²) < 4.78 is 2.39. The minimum absolute atomic E-state index is 0.725. The van der Waals surface area contributed by atoms with Gasteiger partial charge in [0, 0.05) is 33.0 Å². The summed E-state index contributed by atoms with van der Waals surface area (Å²) >= 11 is 0. The fourth-order valence-corrected chi connectivity index (χ4v) is 6.61. The van der Waals surface area contributed by atoms with Crippen molar-refractivity contribution in [2.24, 2.45) is 0 Å². The SMILES string of the molecule is c1ccc(-c2nc(-c3ccc(-n4c5ccc6ccccc6c5c5c6ccccc6ccc54)cc3)nc3ccccc23)cc1. The van der Waals surface area contributed by atoms with E-state index in [0.29, 0.717) is 0 Å². The van der Waals surface area contributed by atoms with Crippen LogP contribution >= 0.6 is 0 Å². The average Bonchev–Trinajstić information content (AvgIpc) is 3.43. The van der Waals surface area contributed by atoms with Crippen LogP contribution in [-0.4, -0.2) is 14.5 Å². The minimum Gasteiger partial charge on any atom is -0.309 e. The lowest BCUT2D eigenvalue weighted by Crippen LogP contribution is -1.97. The number of hydrogen-bond donors (Lipinski definition) is 0. The van der Waals surface area contributed by atoms with Crippen molar-refractivity contribution < 1.29 is 0 Å². The Morgan fingerprint density at radius 3 is 1.60 bits per heavy atom. The van der Waals surface area contributed by atoms with Crippen molar-refractivity contribution in [1.82, 2.24) is 14.5 Å². The van der Waals surface area contributed by atoms with Gasteiger partial charge < -0.3 is 4.57 Å². The number of rotatable bonds is 3. The summed E-state index contributed by atoms with van der Waals surface area (Å²) in [7, 11) is 0. The molecule has 0 aliphatic rings. The first-order valence-corrected chi connectivity index (χ1v) is 14.6. The Morgan fingerprint density at radius 1 is 0.395 bits per heavy atom. The van der Waals surface area contributed by atoms with E-state index in [4.69, 9.17) is 9.97 Å². The zero-order valence-electron chi connectivity index (χ0n) is 23.3. The molecule has 9 rings (SSSR count). The molecule has 2 heterocycles. The standard InChI is InChI=1S/C40H25N3/c1-2-12-28(13-3-1)39-33-16-8-9-17-34(33)41-40(42-39)29-18-22-30(23-19-29)43-35-24-20-26-10-4-6-14-31(26)37(35)38-32-15-7-5-11-27(32)21-25-36(38)43/h1-25H. The van der Waals surface area contributed by atoms with E-state index < -0.39 is 0 Å². The molecule has 200 valence electrons. The van der Waals surface area contributed by atoms with E-state index in [0.717, 1.165) is 39.2 Å². The van der Waals surface area contributed by atoms with E-state index in [-0.39, 0.29) is 0 Å². The molecule has 3 nitrogen and oxygen atoms in total. The molecule has 9 aromatic rings. The van der Waals surface area contributed by atoms with Gasteiger partial charge in [-0.2, -0.15) is 0 Å². The van der Waals surface area contributed by atoms with Gasteiger partial charge in [-0.3, -0.25) is 0 Å². The quantitative estimate of drug-likeness (QED) is 0.220. The molecule has 0 aliphatic heterocycles. The molecular formula is C40H25N3. The third kappa shape index (κ3) is 3.68. The highest BCUT2D eigenvalue weighted by atomic mass is 15.0. The lowest BCUT2D eigenvalue weighted by molar-refractivity contribution is 1.17. The summed E-state index contributed by atoms with van der Waals surface area (Å²) in [5, 5.41) is 8.68. The summed E-state index contributed by atoms with van der Waals surface area (Å²) in [5.74, 6) is 0.725. The van der Waals surface area contributed by atoms with Crippen molar-refractivity contribution in [2.45, 2.75) is 0 Å². The van der Waals surface area contributed by atoms with Gasteiger partial charge in [-0.25, -0.2) is 9.97 Å². The molecule has 0 atom stereocenters. The van der Waals surface area contributed by atoms with Crippen molar-refractivity contribution in [3.63, 3.8) is 0 Å². The molecule has 0 bridgehead atoms. The molecule has 0 amide bonds. The van der Waals surface area contributed by atoms with Gasteiger partial charge in [-0.05, 0) is 64.0 Å². The molecule has 0 saturated carbocycles. The van der Waals surface area contributed by atoms with Gasteiger partial charge in [0.1, 0.15) is 0 Å². The highest BCUT2D eigenvalue weighted by Crippen LogP contribution is 2.40. The van der Waals surface area contributed by atoms with E-state index >= 15 is 0 Å². The van der Waals surface area contributed by atoms with Gasteiger partial charge in [-0.1, -0.05) is 109 Å². The van der Waals surface area contributed by atoms with E-state index in [1.165, 1.54) is 43.4 Å². The summed E-state index contributed by atoms with van der Waals surface area (Å²) in [4.78, 5) is 10.1. The van der Waals surface area contributed by atoms with Crippen molar-refractivity contribution in [1.29, 1.82) is 0 Å². The summed E-state index contributed by atoms with van der Waals surface area (Å²) in [6.45, 7) is 0. The van der Waals surface area contributed by atoms with Crippen LogP contribution < -0.4 is 0 Å². The molecule has 43 heavy (non-hydrogen) atoms. The number of para-hydroxylation sites is 1. The Labute approximate surface area is 248 Å². The van der Waals surface area contributed by atoms with Crippen LogP contribution in [0, 0.1) is 0 Å². The molecule has 0 unspecified atom stereocenters. The van der Waals surface area contributed by atoms with Crippen LogP contribution in [0.2, 0.25) is 0 Å². The maximum Gasteiger partial charge on any atom is 0.160 e. The molecular weight excluding hydrogens is 522 g/mol. The van der Waals surface area contributed by atoms with Crippen molar-refractivity contribution in [2.75, 3.05) is 0 Å². The molecule has 7 aromatic carbocycles. The van der Waals surface area contributed by atoms with Crippen LogP contribution in [-0.2, 0) is 0 Å². The average molecular weight is 548 g/mol. The van der Waals surface area contributed by atoms with Crippen LogP contribution in [0.4, 0.5) is 0 Å². The van der Waals surface area contributed by atoms with Gasteiger partial charge in [-0.15, -0.1) is 0 Å². The minimum atomic E-state index is 0.725. The molecule has 0 fully saturated rings. The molecule has 0 N–H and O–H groups in total. The van der Waals surface area contributed by atoms with Crippen LogP contribution in [0.1, 0.15) is 0 Å². The highest BCUT2D eigenvalue weighted by molar-refractivity contribution is 6.28. The smallest absolute Gasteiger partial charge is 0.160 e. The topological polar surface area (TPSA) is 30.7 Å². The lowest BCUT2D eigenvalue weighted by Gasteiger charge is -2.11. The van der Waals surface area contributed by atoms with E-state index in [2.05, 4.69) is 138 Å². The van der Waals surface area contributed by atoms with Gasteiger partial charge in [0.2, 0.25) is 0 Å². The van der Waals surface area contributed by atoms with E-state index in [9.17, 15) is 0 Å². The number of aromatic nitrogens is 3. The first kappa shape index (κ1) is 23.9. The van der Waals surface area contributed by atoms with Crippen LogP contribution in [0.25, 0.3) is 82.6 Å². The largest absolute Gasteiger partial charge is 0.309 e. The number of benzene rings is 7. The van der Waals surface area contributed by atoms with Crippen molar-refractivity contribution >= 4 is 54.3 Å². The molecule has 3 heteroatoms. The molecule has 0 aliphatic carbocycles. The van der Waals surface area contributed by atoms with Crippen molar-refractivity contribution in [3.05, 3.63) is 152 Å². The van der Waals surface area contributed by atoms with Crippen LogP contribution in [0.5, 0.6) is 0 Å². The Hall–Kier alpha value is -5.80. The molecule has 0 saturated heterocycles. The Morgan fingerprint density at radius 2 is 0.953 bits per heavy atom. The van der Waals surface area contributed by atoms with Gasteiger partial charge >= 0.3 is 0 Å². The third-order valence-corrected chi connectivity index (χ3v) is 8.58. The fourth-order valence-electron chi connectivity index (χ4n) is 6.61. The molecule has 0 spiro atoms. The maximum atomic E-state index is 5.08. The Kier molecular flexibility index (Phi) is 5.20. The first-order valence-electron chi connectivity index (χ1n) is 14.6. The predicted molar refractivity (Wildman–Crippen MR) is 180 cm³/mol. The van der Waals surface area contributed by atoms with Gasteiger partial charge in [0.15, 0.2) is 5.82 Å². The van der Waals surface area contributed by atoms with Crippen molar-refractivity contribution in [3.8, 4) is 28.3 Å². The zero-order valence-corrected chi connectivity index (χ0v) is 23.3. The molecule has 0 radical (unpaired) electrons. The normalized spacial score (nSPS) is 11.7. The van der Waals surface area contributed by atoms with Gasteiger partial charge in [0.25, 0.3) is 0 Å². The molecule has 2 aromatic heterocycles. The Bertz CT molecular complexity index is 2400. The Balaban J connectivity index is 1.26. The third-order valence-electron chi connectivity index (χ3n) is 8.58. The van der Waals surface area contributed by atoms with Gasteiger partial charge in [0.05, 0.1) is 22.2 Å². The highest BCUT2D eigenvalue weighted by Gasteiger charge is 2.17. The second-order valence-corrected chi connectivity index (χ2v) is 11.0. The van der Waals surface area contributed by atoms with Crippen LogP contribution in [0.3, 0.4) is 0 Å². The number of nitrogens with zero attached hydrogens (tertiary/aromatic N) is 3. The summed E-state index contributed by atoms with van der Waals surface area (Å²) in [6.07, 6.45) is 0. The summed E-state index contributed by atoms with van der Waals surface area (Å²) in [5.41, 5.74) is 7.48. The predicted octanol–water partition coefficient (Wildman–Crippen LogP) is 10.4.